The van der Waals surface area contributed by atoms with Crippen LogP contribution in [0.4, 0.5) is 0 Å². The van der Waals surface area contributed by atoms with Crippen LogP contribution in [-0.2, 0) is 19.1 Å². The van der Waals surface area contributed by atoms with E-state index in [2.05, 4.69) is 0 Å². The van der Waals surface area contributed by atoms with Crippen molar-refractivity contribution in [3.63, 3.8) is 0 Å². The summed E-state index contributed by atoms with van der Waals surface area (Å²) < 4.78 is 27.4. The van der Waals surface area contributed by atoms with E-state index in [1.54, 1.807) is 58.9 Å². The van der Waals surface area contributed by atoms with Crippen LogP contribution in [0, 0.1) is 0 Å². The molecule has 7 nitrogen and oxygen atoms in total. The molecule has 0 amide bonds. The molecule has 1 heterocycles. The van der Waals surface area contributed by atoms with E-state index in [0.717, 1.165) is 0 Å². The SMILES string of the molecule is C/C=C(/C)C(=O)O[C@@H](C)[C@@H](OC(=O)/C(C)=C\C)c1cc(OC)c2c(c1)OCO2. The van der Waals surface area contributed by atoms with Gasteiger partial charge in [-0.15, -0.1) is 0 Å². The van der Waals surface area contributed by atoms with Crippen molar-refractivity contribution in [2.45, 2.75) is 46.8 Å². The van der Waals surface area contributed by atoms with Gasteiger partial charge in [0.15, 0.2) is 17.6 Å². The summed E-state index contributed by atoms with van der Waals surface area (Å²) in [6, 6.07) is 3.38. The smallest absolute Gasteiger partial charge is 0.334 e. The molecule has 1 aromatic carbocycles. The van der Waals surface area contributed by atoms with Crippen LogP contribution in [0.2, 0.25) is 0 Å². The van der Waals surface area contributed by atoms with Crippen LogP contribution in [0.25, 0.3) is 0 Å². The lowest BCUT2D eigenvalue weighted by Gasteiger charge is -2.25. The summed E-state index contributed by atoms with van der Waals surface area (Å²) in [5.41, 5.74) is 1.47. The Labute approximate surface area is 164 Å². The minimum Gasteiger partial charge on any atom is -0.493 e. The number of esters is 2. The molecule has 7 heteroatoms. The molecule has 0 aliphatic carbocycles. The third-order valence-corrected chi connectivity index (χ3v) is 4.47. The molecule has 1 aliphatic rings. The molecule has 0 fully saturated rings. The first-order chi connectivity index (χ1) is 13.3. The van der Waals surface area contributed by atoms with Crippen LogP contribution in [0.3, 0.4) is 0 Å². The van der Waals surface area contributed by atoms with Crippen molar-refractivity contribution in [3.05, 3.63) is 41.0 Å². The number of fused-ring (bicyclic) bond motifs is 1. The maximum atomic E-state index is 12.4. The molecule has 0 unspecified atom stereocenters. The number of benzene rings is 1. The zero-order valence-corrected chi connectivity index (χ0v) is 17.0. The monoisotopic (exact) mass is 390 g/mol. The van der Waals surface area contributed by atoms with Crippen molar-refractivity contribution < 1.29 is 33.3 Å². The van der Waals surface area contributed by atoms with E-state index >= 15 is 0 Å². The average Bonchev–Trinajstić information content (AvgIpc) is 3.18. The van der Waals surface area contributed by atoms with Gasteiger partial charge in [0.05, 0.1) is 7.11 Å². The minimum absolute atomic E-state index is 0.0717. The van der Waals surface area contributed by atoms with E-state index in [0.29, 0.717) is 34.0 Å². The fourth-order valence-electron chi connectivity index (χ4n) is 2.52. The summed E-state index contributed by atoms with van der Waals surface area (Å²) in [5.74, 6) is 0.412. The Morgan fingerprint density at radius 2 is 1.64 bits per heavy atom. The van der Waals surface area contributed by atoms with Gasteiger partial charge in [-0.1, -0.05) is 12.2 Å². The van der Waals surface area contributed by atoms with Crippen LogP contribution in [-0.4, -0.2) is 31.9 Å². The number of hydrogen-bond acceptors (Lipinski definition) is 7. The molecule has 1 aromatic rings. The minimum atomic E-state index is -0.862. The van der Waals surface area contributed by atoms with Crippen molar-refractivity contribution in [2.75, 3.05) is 13.9 Å². The maximum Gasteiger partial charge on any atom is 0.334 e. The molecule has 0 bridgehead atoms. The first kappa shape index (κ1) is 21.3. The molecule has 0 spiro atoms. The molecular formula is C21H26O7. The van der Waals surface area contributed by atoms with Crippen molar-refractivity contribution in [3.8, 4) is 17.2 Å². The van der Waals surface area contributed by atoms with Gasteiger partial charge in [0.1, 0.15) is 6.10 Å². The van der Waals surface area contributed by atoms with E-state index in [1.165, 1.54) is 7.11 Å². The number of ether oxygens (including phenoxy) is 5. The highest BCUT2D eigenvalue weighted by atomic mass is 16.7. The molecule has 2 rings (SSSR count). The third kappa shape index (κ3) is 4.65. The predicted molar refractivity (Wildman–Crippen MR) is 102 cm³/mol. The number of methoxy groups -OCH3 is 1. The lowest BCUT2D eigenvalue weighted by atomic mass is 10.0. The second-order valence-electron chi connectivity index (χ2n) is 6.34. The lowest BCUT2D eigenvalue weighted by Crippen LogP contribution is -2.27. The Morgan fingerprint density at radius 1 is 1.04 bits per heavy atom. The quantitative estimate of drug-likeness (QED) is 0.516. The molecule has 0 aromatic heterocycles. The Morgan fingerprint density at radius 3 is 2.21 bits per heavy atom. The highest BCUT2D eigenvalue weighted by Gasteiger charge is 2.31. The Hall–Kier alpha value is -2.96. The van der Waals surface area contributed by atoms with Gasteiger partial charge in [0, 0.05) is 16.7 Å². The largest absolute Gasteiger partial charge is 0.493 e. The average molecular weight is 390 g/mol. The van der Waals surface area contributed by atoms with Crippen molar-refractivity contribution >= 4 is 11.9 Å². The van der Waals surface area contributed by atoms with Gasteiger partial charge in [-0.2, -0.15) is 0 Å². The molecule has 0 radical (unpaired) electrons. The van der Waals surface area contributed by atoms with Gasteiger partial charge >= 0.3 is 11.9 Å². The normalized spacial score (nSPS) is 15.6. The zero-order valence-electron chi connectivity index (χ0n) is 17.0. The Bertz CT molecular complexity index is 807. The highest BCUT2D eigenvalue weighted by molar-refractivity contribution is 5.88. The summed E-state index contributed by atoms with van der Waals surface area (Å²) in [5, 5.41) is 0. The summed E-state index contributed by atoms with van der Waals surface area (Å²) >= 11 is 0. The molecule has 2 atom stereocenters. The third-order valence-electron chi connectivity index (χ3n) is 4.47. The summed E-state index contributed by atoms with van der Waals surface area (Å²) in [7, 11) is 1.50. The standard InChI is InChI=1S/C21H26O7/c1-7-12(3)20(22)27-14(5)18(28-21(23)13(4)8-2)15-9-16(24-6)19-17(10-15)25-11-26-19/h7-10,14,18H,11H2,1-6H3/b12-7-,13-8-/t14-,18+/m0/s1. The van der Waals surface area contributed by atoms with E-state index in [-0.39, 0.29) is 6.79 Å². The van der Waals surface area contributed by atoms with E-state index in [9.17, 15) is 9.59 Å². The predicted octanol–water partition coefficient (Wildman–Crippen LogP) is 3.87. The van der Waals surface area contributed by atoms with Crippen LogP contribution in [0.15, 0.2) is 35.4 Å². The molecule has 152 valence electrons. The van der Waals surface area contributed by atoms with Crippen molar-refractivity contribution in [1.82, 2.24) is 0 Å². The summed E-state index contributed by atoms with van der Waals surface area (Å²) in [6.45, 7) is 8.54. The first-order valence-corrected chi connectivity index (χ1v) is 8.97. The van der Waals surface area contributed by atoms with Gasteiger partial charge in [0.2, 0.25) is 12.5 Å². The fourth-order valence-corrected chi connectivity index (χ4v) is 2.52. The molecule has 0 N–H and O–H groups in total. The number of rotatable bonds is 7. The van der Waals surface area contributed by atoms with Gasteiger partial charge in [-0.3, -0.25) is 0 Å². The van der Waals surface area contributed by atoms with Crippen LogP contribution >= 0.6 is 0 Å². The molecular weight excluding hydrogens is 364 g/mol. The summed E-state index contributed by atoms with van der Waals surface area (Å²) in [6.07, 6.45) is 1.70. The first-order valence-electron chi connectivity index (χ1n) is 8.97. The summed E-state index contributed by atoms with van der Waals surface area (Å²) in [4.78, 5) is 24.6. The van der Waals surface area contributed by atoms with Gasteiger partial charge in [-0.25, -0.2) is 9.59 Å². The van der Waals surface area contributed by atoms with Crippen LogP contribution < -0.4 is 14.2 Å². The van der Waals surface area contributed by atoms with E-state index < -0.39 is 24.1 Å². The molecule has 0 saturated heterocycles. The van der Waals surface area contributed by atoms with Gasteiger partial charge in [-0.05, 0) is 46.8 Å². The van der Waals surface area contributed by atoms with Crippen molar-refractivity contribution in [1.29, 1.82) is 0 Å². The Balaban J connectivity index is 2.40. The molecule has 28 heavy (non-hydrogen) atoms. The topological polar surface area (TPSA) is 80.3 Å². The highest BCUT2D eigenvalue weighted by Crippen LogP contribution is 2.44. The van der Waals surface area contributed by atoms with Crippen molar-refractivity contribution in [2.24, 2.45) is 0 Å². The number of carbonyl (C=O) groups is 2. The molecule has 1 aliphatic heterocycles. The van der Waals surface area contributed by atoms with Gasteiger partial charge in [0.25, 0.3) is 0 Å². The Kier molecular flexibility index (Phi) is 7.09. The fraction of sp³-hybridized carbons (Fsp3) is 0.429. The second-order valence-corrected chi connectivity index (χ2v) is 6.34. The molecule has 0 saturated carbocycles. The number of allylic oxidation sites excluding steroid dienone is 2. The number of hydrogen-bond donors (Lipinski definition) is 0. The lowest BCUT2D eigenvalue weighted by molar-refractivity contribution is -0.162. The van der Waals surface area contributed by atoms with E-state index in [4.69, 9.17) is 23.7 Å². The number of carbonyl (C=O) groups excluding carboxylic acids is 2. The van der Waals surface area contributed by atoms with Crippen LogP contribution in [0.1, 0.15) is 46.3 Å². The van der Waals surface area contributed by atoms with Crippen LogP contribution in [0.5, 0.6) is 17.2 Å². The van der Waals surface area contributed by atoms with E-state index in [1.807, 2.05) is 0 Å². The van der Waals surface area contributed by atoms with Gasteiger partial charge < -0.3 is 23.7 Å². The zero-order chi connectivity index (χ0) is 20.8. The second kappa shape index (κ2) is 9.30. The maximum absolute atomic E-state index is 12.4.